The van der Waals surface area contributed by atoms with Crippen molar-refractivity contribution in [3.8, 4) is 0 Å². The number of quaternary nitrogens is 1. The number of rotatable bonds is 5. The largest absolute Gasteiger partial charge is 0.595 e. The van der Waals surface area contributed by atoms with E-state index >= 15 is 0 Å². The number of nitrogens with one attached hydrogen (secondary N) is 1. The van der Waals surface area contributed by atoms with Crippen molar-refractivity contribution in [2.45, 2.75) is 0 Å². The minimum atomic E-state index is -1.07. The Labute approximate surface area is 134 Å². The number of Topliss-reactive ketones (excluding diaryl/α,β-unsaturated/α-hetero) is 1. The maximum Gasteiger partial charge on any atom is 0.338 e. The Kier molecular flexibility index (Phi) is 5.40. The van der Waals surface area contributed by atoms with Gasteiger partial charge in [-0.25, -0.2) is 10.0 Å². The van der Waals surface area contributed by atoms with E-state index in [2.05, 4.69) is 15.9 Å². The minimum absolute atomic E-state index is 0.0865. The van der Waals surface area contributed by atoms with E-state index in [0.29, 0.717) is 5.56 Å². The lowest BCUT2D eigenvalue weighted by atomic mass is 10.1. The maximum atomic E-state index is 11.9. The molecule has 0 radical (unpaired) electrons. The van der Waals surface area contributed by atoms with Gasteiger partial charge in [0.2, 0.25) is 0 Å². The Hall–Kier alpha value is -2.06. The van der Waals surface area contributed by atoms with E-state index in [4.69, 9.17) is 9.94 Å². The van der Waals surface area contributed by atoms with Crippen LogP contribution in [0.4, 0.5) is 5.69 Å². The Bertz CT molecular complexity index is 667. The molecular formula is C15H12BrNO5. The van der Waals surface area contributed by atoms with Crippen LogP contribution in [-0.2, 0) is 4.74 Å². The smallest absolute Gasteiger partial charge is 0.338 e. The van der Waals surface area contributed by atoms with Crippen molar-refractivity contribution in [3.05, 3.63) is 69.3 Å². The Balaban J connectivity index is 1.94. The summed E-state index contributed by atoms with van der Waals surface area (Å²) < 4.78 is 5.77. The summed E-state index contributed by atoms with van der Waals surface area (Å²) in [5, 5.41) is 18.4. The number of benzene rings is 2. The summed E-state index contributed by atoms with van der Waals surface area (Å²) in [5.41, 5.74) is 0.717. The number of esters is 1. The van der Waals surface area contributed by atoms with Crippen LogP contribution in [0.25, 0.3) is 0 Å². The van der Waals surface area contributed by atoms with Crippen molar-refractivity contribution in [3.63, 3.8) is 0 Å². The van der Waals surface area contributed by atoms with Gasteiger partial charge in [0.05, 0.1) is 5.56 Å². The number of hydrogen-bond donors (Lipinski definition) is 2. The summed E-state index contributed by atoms with van der Waals surface area (Å²) in [7, 11) is 0. The molecule has 6 nitrogen and oxygen atoms in total. The molecule has 114 valence electrons. The van der Waals surface area contributed by atoms with Crippen LogP contribution in [0.3, 0.4) is 0 Å². The van der Waals surface area contributed by atoms with Gasteiger partial charge in [-0.05, 0) is 36.4 Å². The van der Waals surface area contributed by atoms with Gasteiger partial charge in [-0.15, -0.1) is 0 Å². The second-order valence-corrected chi connectivity index (χ2v) is 5.30. The Morgan fingerprint density at radius 1 is 1.05 bits per heavy atom. The third-order valence-corrected chi connectivity index (χ3v) is 3.40. The Morgan fingerprint density at radius 3 is 2.14 bits per heavy atom. The topological polar surface area (TPSA) is 91.1 Å². The zero-order valence-corrected chi connectivity index (χ0v) is 12.9. The fourth-order valence-electron chi connectivity index (χ4n) is 1.68. The van der Waals surface area contributed by atoms with Gasteiger partial charge in [-0.2, -0.15) is 5.23 Å². The van der Waals surface area contributed by atoms with Crippen LogP contribution in [0.1, 0.15) is 20.7 Å². The molecule has 0 aliphatic rings. The van der Waals surface area contributed by atoms with Crippen molar-refractivity contribution < 1.29 is 24.8 Å². The molecule has 1 unspecified atom stereocenters. The molecule has 2 N–H and O–H groups in total. The summed E-state index contributed by atoms with van der Waals surface area (Å²) in [4.78, 5) is 23.7. The molecule has 0 heterocycles. The zero-order valence-electron chi connectivity index (χ0n) is 11.3. The summed E-state index contributed by atoms with van der Waals surface area (Å²) in [6, 6.07) is 12.0. The van der Waals surface area contributed by atoms with E-state index in [1.807, 2.05) is 0 Å². The van der Waals surface area contributed by atoms with Gasteiger partial charge in [0.25, 0.3) is 0 Å². The molecule has 0 bridgehead atoms. The Morgan fingerprint density at radius 2 is 1.59 bits per heavy atom. The molecule has 2 aromatic carbocycles. The molecule has 1 atom stereocenters. The number of carbonyl (C=O) groups is 2. The first-order valence-electron chi connectivity index (χ1n) is 6.26. The number of halogens is 1. The van der Waals surface area contributed by atoms with Crippen LogP contribution in [0.5, 0.6) is 0 Å². The molecule has 0 saturated heterocycles. The number of ketones is 1. The maximum absolute atomic E-state index is 11.9. The van der Waals surface area contributed by atoms with Crippen LogP contribution < -0.4 is 5.23 Å². The van der Waals surface area contributed by atoms with Crippen LogP contribution in [-0.4, -0.2) is 23.6 Å². The van der Waals surface area contributed by atoms with Crippen molar-refractivity contribution in [1.82, 2.24) is 0 Å². The van der Waals surface area contributed by atoms with E-state index in [9.17, 15) is 14.8 Å². The van der Waals surface area contributed by atoms with Gasteiger partial charge >= 0.3 is 5.97 Å². The molecule has 0 aliphatic carbocycles. The van der Waals surface area contributed by atoms with Gasteiger partial charge in [0.15, 0.2) is 18.1 Å². The highest BCUT2D eigenvalue weighted by Gasteiger charge is 2.12. The van der Waals surface area contributed by atoms with Gasteiger partial charge in [0.1, 0.15) is 0 Å². The van der Waals surface area contributed by atoms with Crippen molar-refractivity contribution in [2.24, 2.45) is 0 Å². The highest BCUT2D eigenvalue weighted by Crippen LogP contribution is 2.12. The van der Waals surface area contributed by atoms with Crippen LogP contribution in [0.2, 0.25) is 0 Å². The SMILES string of the molecule is O=C(COC(=O)c1ccc(Br)cc1)c1ccc([NH+]([O-])O)cc1. The summed E-state index contributed by atoms with van der Waals surface area (Å²) in [5.74, 6) is -0.995. The zero-order chi connectivity index (χ0) is 16.1. The summed E-state index contributed by atoms with van der Waals surface area (Å²) in [6.45, 7) is -0.401. The summed E-state index contributed by atoms with van der Waals surface area (Å²) in [6.07, 6.45) is 0. The predicted octanol–water partition coefficient (Wildman–Crippen LogP) is 1.89. The third-order valence-electron chi connectivity index (χ3n) is 2.87. The lowest BCUT2D eigenvalue weighted by Crippen LogP contribution is -2.99. The molecule has 2 aromatic rings. The molecule has 0 saturated carbocycles. The van der Waals surface area contributed by atoms with Crippen LogP contribution in [0.15, 0.2) is 53.0 Å². The van der Waals surface area contributed by atoms with E-state index in [1.165, 1.54) is 24.3 Å². The minimum Gasteiger partial charge on any atom is -0.595 e. The fourth-order valence-corrected chi connectivity index (χ4v) is 1.95. The average Bonchev–Trinajstić information content (AvgIpc) is 2.53. The number of ether oxygens (including phenoxy) is 1. The van der Waals surface area contributed by atoms with E-state index in [-0.39, 0.29) is 11.3 Å². The monoisotopic (exact) mass is 365 g/mol. The average molecular weight is 366 g/mol. The molecule has 0 fully saturated rings. The first-order chi connectivity index (χ1) is 10.5. The predicted molar refractivity (Wildman–Crippen MR) is 81.0 cm³/mol. The van der Waals surface area contributed by atoms with Crippen LogP contribution in [0, 0.1) is 5.21 Å². The molecule has 0 aromatic heterocycles. The summed E-state index contributed by atoms with van der Waals surface area (Å²) >= 11 is 3.26. The van der Waals surface area contributed by atoms with Crippen molar-refractivity contribution in [2.75, 3.05) is 6.61 Å². The molecular weight excluding hydrogens is 354 g/mol. The van der Waals surface area contributed by atoms with Crippen molar-refractivity contribution >= 4 is 33.4 Å². The first kappa shape index (κ1) is 16.3. The van der Waals surface area contributed by atoms with Gasteiger partial charge in [0, 0.05) is 22.2 Å². The fraction of sp³-hybridized carbons (Fsp3) is 0.0667. The molecule has 22 heavy (non-hydrogen) atoms. The highest BCUT2D eigenvalue weighted by atomic mass is 79.9. The normalized spacial score (nSPS) is 11.8. The highest BCUT2D eigenvalue weighted by molar-refractivity contribution is 9.10. The number of hydrogen-bond acceptors (Lipinski definition) is 5. The molecule has 2 rings (SSSR count). The van der Waals surface area contributed by atoms with Crippen LogP contribution >= 0.6 is 15.9 Å². The molecule has 0 aliphatic heterocycles. The molecule has 0 spiro atoms. The number of carbonyl (C=O) groups excluding carboxylic acids is 2. The standard InChI is InChI=1S/C15H12BrNO5/c16-12-5-1-11(2-6-12)15(19)22-9-14(18)10-3-7-13(8-4-10)17(20)21/h1-8,17,20H,9H2. The van der Waals surface area contributed by atoms with Gasteiger partial charge in [-0.1, -0.05) is 15.9 Å². The lowest BCUT2D eigenvalue weighted by Gasteiger charge is -2.11. The van der Waals surface area contributed by atoms with Crippen molar-refractivity contribution in [1.29, 1.82) is 0 Å². The second-order valence-electron chi connectivity index (χ2n) is 4.39. The lowest BCUT2D eigenvalue weighted by molar-refractivity contribution is -0.991. The molecule has 0 amide bonds. The second kappa shape index (κ2) is 7.28. The van der Waals surface area contributed by atoms with E-state index in [1.54, 1.807) is 24.3 Å². The van der Waals surface area contributed by atoms with E-state index < -0.39 is 23.6 Å². The van der Waals surface area contributed by atoms with Gasteiger partial charge < -0.3 is 9.94 Å². The van der Waals surface area contributed by atoms with Gasteiger partial charge in [-0.3, -0.25) is 4.79 Å². The van der Waals surface area contributed by atoms with E-state index in [0.717, 1.165) is 4.47 Å². The quantitative estimate of drug-likeness (QED) is 0.479. The first-order valence-corrected chi connectivity index (χ1v) is 7.06. The molecule has 7 heteroatoms. The third kappa shape index (κ3) is 4.22.